The fourth-order valence-corrected chi connectivity index (χ4v) is 3.68. The summed E-state index contributed by atoms with van der Waals surface area (Å²) >= 11 is 0. The molecule has 1 atom stereocenters. The van der Waals surface area contributed by atoms with Gasteiger partial charge in [-0.3, -0.25) is 4.79 Å². The molecule has 1 aliphatic rings. The van der Waals surface area contributed by atoms with Crippen LogP contribution in [0.5, 0.6) is 0 Å². The average molecular weight is 375 g/mol. The van der Waals surface area contributed by atoms with Crippen LogP contribution in [0.15, 0.2) is 67.0 Å². The van der Waals surface area contributed by atoms with Gasteiger partial charge in [0.25, 0.3) is 0 Å². The van der Waals surface area contributed by atoms with Gasteiger partial charge in [0.05, 0.1) is 19.1 Å². The minimum absolute atomic E-state index is 0.0656. The van der Waals surface area contributed by atoms with Crippen LogP contribution in [0, 0.1) is 5.92 Å². The van der Waals surface area contributed by atoms with E-state index >= 15 is 0 Å². The molecule has 144 valence electrons. The van der Waals surface area contributed by atoms with Crippen LogP contribution in [0.25, 0.3) is 11.1 Å². The summed E-state index contributed by atoms with van der Waals surface area (Å²) < 4.78 is 7.43. The number of imidazole rings is 1. The molecule has 1 amide bonds. The number of nitrogens with zero attached hydrogens (tertiary/aromatic N) is 3. The van der Waals surface area contributed by atoms with E-state index in [0.29, 0.717) is 26.3 Å². The molecule has 0 saturated carbocycles. The van der Waals surface area contributed by atoms with Gasteiger partial charge in [-0.2, -0.15) is 0 Å². The monoisotopic (exact) mass is 375 g/mol. The Kier molecular flexibility index (Phi) is 5.53. The van der Waals surface area contributed by atoms with E-state index in [1.165, 1.54) is 0 Å². The van der Waals surface area contributed by atoms with Gasteiger partial charge in [-0.25, -0.2) is 4.98 Å². The first-order valence-corrected chi connectivity index (χ1v) is 9.68. The molecule has 5 nitrogen and oxygen atoms in total. The van der Waals surface area contributed by atoms with Crippen LogP contribution in [0.2, 0.25) is 0 Å². The highest BCUT2D eigenvalue weighted by Crippen LogP contribution is 2.26. The minimum Gasteiger partial charge on any atom is -0.381 e. The predicted molar refractivity (Wildman–Crippen MR) is 108 cm³/mol. The molecule has 1 aromatic heterocycles. The van der Waals surface area contributed by atoms with E-state index in [9.17, 15) is 4.79 Å². The van der Waals surface area contributed by atoms with E-state index in [2.05, 4.69) is 29.2 Å². The van der Waals surface area contributed by atoms with Crippen LogP contribution in [0.1, 0.15) is 17.8 Å². The fraction of sp³-hybridized carbons (Fsp3) is 0.304. The van der Waals surface area contributed by atoms with Crippen molar-refractivity contribution in [1.29, 1.82) is 0 Å². The molecule has 0 N–H and O–H groups in total. The van der Waals surface area contributed by atoms with Gasteiger partial charge in [0.1, 0.15) is 5.82 Å². The maximum atomic E-state index is 13.2. The summed E-state index contributed by atoms with van der Waals surface area (Å²) in [7, 11) is 1.96. The molecule has 0 radical (unpaired) electrons. The number of amides is 1. The highest BCUT2D eigenvalue weighted by molar-refractivity contribution is 5.79. The molecule has 5 heteroatoms. The van der Waals surface area contributed by atoms with Crippen LogP contribution in [-0.2, 0) is 29.7 Å². The number of ether oxygens (including phenoxy) is 1. The summed E-state index contributed by atoms with van der Waals surface area (Å²) in [6, 6.07) is 18.6. The molecule has 0 bridgehead atoms. The third-order valence-electron chi connectivity index (χ3n) is 5.31. The number of carbonyl (C=O) groups excluding carboxylic acids is 1. The molecular weight excluding hydrogens is 350 g/mol. The highest BCUT2D eigenvalue weighted by atomic mass is 16.5. The molecular formula is C23H25N3O2. The molecule has 0 unspecified atom stereocenters. The zero-order chi connectivity index (χ0) is 19.3. The summed E-state index contributed by atoms with van der Waals surface area (Å²) in [4.78, 5) is 19.6. The van der Waals surface area contributed by atoms with Crippen molar-refractivity contribution in [3.8, 4) is 11.1 Å². The number of hydrogen-bond donors (Lipinski definition) is 0. The molecule has 0 spiro atoms. The number of rotatable bonds is 6. The van der Waals surface area contributed by atoms with Gasteiger partial charge in [0, 0.05) is 32.6 Å². The van der Waals surface area contributed by atoms with Gasteiger partial charge in [-0.15, -0.1) is 0 Å². The van der Waals surface area contributed by atoms with Crippen LogP contribution < -0.4 is 0 Å². The number of carbonyl (C=O) groups is 1. The average Bonchev–Trinajstić information content (AvgIpc) is 3.40. The van der Waals surface area contributed by atoms with E-state index in [1.807, 2.05) is 53.0 Å². The molecule has 1 saturated heterocycles. The van der Waals surface area contributed by atoms with E-state index in [0.717, 1.165) is 28.9 Å². The fourth-order valence-electron chi connectivity index (χ4n) is 3.68. The Balaban J connectivity index is 1.64. The maximum Gasteiger partial charge on any atom is 0.228 e. The van der Waals surface area contributed by atoms with Crippen LogP contribution in [0.4, 0.5) is 0 Å². The van der Waals surface area contributed by atoms with Crippen molar-refractivity contribution in [2.24, 2.45) is 13.0 Å². The SMILES string of the molecule is Cn1ccnc1CN(Cc1ccccc1-c1ccccc1)C(=O)[C@@H]1CCOC1. The molecule has 4 rings (SSSR count). The molecule has 3 aromatic rings. The van der Waals surface area contributed by atoms with Crippen molar-refractivity contribution in [2.45, 2.75) is 19.5 Å². The van der Waals surface area contributed by atoms with E-state index in [-0.39, 0.29) is 11.8 Å². The highest BCUT2D eigenvalue weighted by Gasteiger charge is 2.29. The van der Waals surface area contributed by atoms with Crippen molar-refractivity contribution in [3.63, 3.8) is 0 Å². The predicted octanol–water partition coefficient (Wildman–Crippen LogP) is 3.65. The lowest BCUT2D eigenvalue weighted by molar-refractivity contribution is -0.136. The van der Waals surface area contributed by atoms with Crippen molar-refractivity contribution >= 4 is 5.91 Å². The summed E-state index contributed by atoms with van der Waals surface area (Å²) in [6.45, 7) is 2.21. The zero-order valence-corrected chi connectivity index (χ0v) is 16.1. The lowest BCUT2D eigenvalue weighted by Gasteiger charge is -2.26. The number of aryl methyl sites for hydroxylation is 1. The van der Waals surface area contributed by atoms with Gasteiger partial charge >= 0.3 is 0 Å². The number of benzene rings is 2. The quantitative estimate of drug-likeness (QED) is 0.661. The lowest BCUT2D eigenvalue weighted by atomic mass is 9.98. The smallest absolute Gasteiger partial charge is 0.228 e. The van der Waals surface area contributed by atoms with Gasteiger partial charge in [-0.1, -0.05) is 54.6 Å². The van der Waals surface area contributed by atoms with Crippen LogP contribution in [-0.4, -0.2) is 33.6 Å². The molecule has 2 heterocycles. The second-order valence-electron chi connectivity index (χ2n) is 7.23. The van der Waals surface area contributed by atoms with E-state index in [1.54, 1.807) is 6.20 Å². The summed E-state index contributed by atoms with van der Waals surface area (Å²) in [6.07, 6.45) is 4.47. The summed E-state index contributed by atoms with van der Waals surface area (Å²) in [5.41, 5.74) is 3.45. The molecule has 1 aliphatic heterocycles. The Labute approximate surface area is 165 Å². The Morgan fingerprint density at radius 3 is 2.64 bits per heavy atom. The first kappa shape index (κ1) is 18.4. The first-order valence-electron chi connectivity index (χ1n) is 9.68. The third-order valence-corrected chi connectivity index (χ3v) is 5.31. The normalized spacial score (nSPS) is 16.2. The van der Waals surface area contributed by atoms with Crippen molar-refractivity contribution in [3.05, 3.63) is 78.4 Å². The van der Waals surface area contributed by atoms with Gasteiger partial charge < -0.3 is 14.2 Å². The standard InChI is InChI=1S/C23H25N3O2/c1-25-13-12-24-22(25)16-26(23(27)20-11-14-28-17-20)15-19-9-5-6-10-21(19)18-7-3-2-4-8-18/h2-10,12-13,20H,11,14-17H2,1H3/t20-/m1/s1. The van der Waals surface area contributed by atoms with Gasteiger partial charge in [0.2, 0.25) is 5.91 Å². The molecule has 1 fully saturated rings. The molecule has 28 heavy (non-hydrogen) atoms. The molecule has 2 aromatic carbocycles. The zero-order valence-electron chi connectivity index (χ0n) is 16.1. The van der Waals surface area contributed by atoms with E-state index in [4.69, 9.17) is 4.74 Å². The van der Waals surface area contributed by atoms with Gasteiger partial charge in [0.15, 0.2) is 0 Å². The Morgan fingerprint density at radius 1 is 1.14 bits per heavy atom. The second kappa shape index (κ2) is 8.40. The maximum absolute atomic E-state index is 13.2. The van der Waals surface area contributed by atoms with Crippen LogP contribution >= 0.6 is 0 Å². The largest absolute Gasteiger partial charge is 0.381 e. The molecule has 0 aliphatic carbocycles. The van der Waals surface area contributed by atoms with E-state index < -0.39 is 0 Å². The van der Waals surface area contributed by atoms with Crippen LogP contribution in [0.3, 0.4) is 0 Å². The topological polar surface area (TPSA) is 47.4 Å². The lowest BCUT2D eigenvalue weighted by Crippen LogP contribution is -2.36. The Hall–Kier alpha value is -2.92. The van der Waals surface area contributed by atoms with Crippen molar-refractivity contribution in [1.82, 2.24) is 14.5 Å². The third kappa shape index (κ3) is 3.99. The Morgan fingerprint density at radius 2 is 1.93 bits per heavy atom. The Bertz CT molecular complexity index is 930. The number of hydrogen-bond acceptors (Lipinski definition) is 3. The van der Waals surface area contributed by atoms with Crippen molar-refractivity contribution < 1.29 is 9.53 Å². The number of aromatic nitrogens is 2. The minimum atomic E-state index is -0.0656. The van der Waals surface area contributed by atoms with Gasteiger partial charge in [-0.05, 0) is 23.1 Å². The summed E-state index contributed by atoms with van der Waals surface area (Å²) in [5.74, 6) is 0.956. The first-order chi connectivity index (χ1) is 13.7. The second-order valence-corrected chi connectivity index (χ2v) is 7.23. The summed E-state index contributed by atoms with van der Waals surface area (Å²) in [5, 5.41) is 0. The van der Waals surface area contributed by atoms with Crippen molar-refractivity contribution in [2.75, 3.05) is 13.2 Å².